The van der Waals surface area contributed by atoms with Crippen LogP contribution in [0.15, 0.2) is 54.6 Å². The molecule has 130 valence electrons. The third-order valence-electron chi connectivity index (χ3n) is 4.60. The van der Waals surface area contributed by atoms with E-state index in [9.17, 15) is 9.59 Å². The summed E-state index contributed by atoms with van der Waals surface area (Å²) in [5, 5.41) is 0. The fourth-order valence-corrected chi connectivity index (χ4v) is 3.17. The molecular formula is C21H23NO3. The summed E-state index contributed by atoms with van der Waals surface area (Å²) in [7, 11) is 0. The Balaban J connectivity index is 1.69. The maximum absolute atomic E-state index is 12.9. The van der Waals surface area contributed by atoms with Crippen LogP contribution in [0.3, 0.4) is 0 Å². The van der Waals surface area contributed by atoms with Crippen LogP contribution in [0.1, 0.15) is 23.6 Å². The third-order valence-corrected chi connectivity index (χ3v) is 4.60. The van der Waals surface area contributed by atoms with Crippen molar-refractivity contribution in [3.05, 3.63) is 71.3 Å². The van der Waals surface area contributed by atoms with E-state index in [1.165, 1.54) is 10.5 Å². The minimum Gasteiger partial charge on any atom is -0.447 e. The van der Waals surface area contributed by atoms with Crippen LogP contribution in [0.5, 0.6) is 0 Å². The van der Waals surface area contributed by atoms with Gasteiger partial charge in [0, 0.05) is 5.92 Å². The molecule has 1 saturated heterocycles. The number of nitrogens with zero attached hydrogens (tertiary/aromatic N) is 1. The van der Waals surface area contributed by atoms with E-state index in [4.69, 9.17) is 4.74 Å². The number of rotatable bonds is 5. The summed E-state index contributed by atoms with van der Waals surface area (Å²) in [4.78, 5) is 26.3. The van der Waals surface area contributed by atoms with Gasteiger partial charge in [-0.25, -0.2) is 9.69 Å². The summed E-state index contributed by atoms with van der Waals surface area (Å²) in [5.74, 6) is -0.435. The first kappa shape index (κ1) is 17.2. The van der Waals surface area contributed by atoms with Crippen molar-refractivity contribution >= 4 is 12.0 Å². The lowest BCUT2D eigenvalue weighted by atomic mass is 9.98. The predicted octanol–water partition coefficient (Wildman–Crippen LogP) is 3.76. The molecule has 0 unspecified atom stereocenters. The number of ether oxygens (including phenoxy) is 1. The van der Waals surface area contributed by atoms with Crippen LogP contribution in [-0.2, 0) is 22.4 Å². The first-order valence-corrected chi connectivity index (χ1v) is 8.64. The van der Waals surface area contributed by atoms with Gasteiger partial charge in [0.25, 0.3) is 0 Å². The molecule has 3 rings (SSSR count). The molecule has 4 nitrogen and oxygen atoms in total. The molecule has 0 aliphatic carbocycles. The fourth-order valence-electron chi connectivity index (χ4n) is 3.17. The first-order valence-electron chi connectivity index (χ1n) is 8.64. The first-order chi connectivity index (χ1) is 12.0. The Bertz CT molecular complexity index is 739. The molecule has 0 N–H and O–H groups in total. The highest BCUT2D eigenvalue weighted by Gasteiger charge is 2.39. The van der Waals surface area contributed by atoms with Crippen molar-refractivity contribution in [3.8, 4) is 0 Å². The molecule has 1 heterocycles. The lowest BCUT2D eigenvalue weighted by molar-refractivity contribution is -0.132. The summed E-state index contributed by atoms with van der Waals surface area (Å²) in [5.41, 5.74) is 3.38. The molecule has 1 aliphatic heterocycles. The number of carbonyl (C=O) groups is 2. The second-order valence-electron chi connectivity index (χ2n) is 6.72. The van der Waals surface area contributed by atoms with Gasteiger partial charge in [-0.2, -0.15) is 0 Å². The Hall–Kier alpha value is -2.62. The smallest absolute Gasteiger partial charge is 0.416 e. The minimum atomic E-state index is -0.526. The Morgan fingerprint density at radius 2 is 1.80 bits per heavy atom. The van der Waals surface area contributed by atoms with Gasteiger partial charge < -0.3 is 4.74 Å². The summed E-state index contributed by atoms with van der Waals surface area (Å²) < 4.78 is 5.15. The van der Waals surface area contributed by atoms with Crippen LogP contribution in [0.2, 0.25) is 0 Å². The van der Waals surface area contributed by atoms with E-state index in [0.717, 1.165) is 11.1 Å². The van der Waals surface area contributed by atoms with Crippen LogP contribution in [0, 0.1) is 12.8 Å². The summed E-state index contributed by atoms with van der Waals surface area (Å²) in [6, 6.07) is 17.8. The zero-order valence-electron chi connectivity index (χ0n) is 14.6. The Kier molecular flexibility index (Phi) is 5.17. The van der Waals surface area contributed by atoms with E-state index >= 15 is 0 Å². The SMILES string of the molecule is Cc1ccc(C[C@@H](C)C(=O)N2C(=O)OC[C@@H]2Cc2ccccc2)cc1. The molecule has 25 heavy (non-hydrogen) atoms. The summed E-state index contributed by atoms with van der Waals surface area (Å²) >= 11 is 0. The topological polar surface area (TPSA) is 46.6 Å². The van der Waals surface area contributed by atoms with Crippen LogP contribution in [-0.4, -0.2) is 29.5 Å². The lowest BCUT2D eigenvalue weighted by Crippen LogP contribution is -2.43. The molecule has 0 aromatic heterocycles. The van der Waals surface area contributed by atoms with E-state index < -0.39 is 6.09 Å². The van der Waals surface area contributed by atoms with Crippen molar-refractivity contribution in [2.45, 2.75) is 32.7 Å². The number of carbonyl (C=O) groups excluding carboxylic acids is 2. The van der Waals surface area contributed by atoms with Crippen LogP contribution in [0.25, 0.3) is 0 Å². The zero-order valence-corrected chi connectivity index (χ0v) is 14.6. The largest absolute Gasteiger partial charge is 0.447 e. The van der Waals surface area contributed by atoms with E-state index in [1.54, 1.807) is 0 Å². The van der Waals surface area contributed by atoms with Gasteiger partial charge in [-0.3, -0.25) is 4.79 Å². The molecule has 1 aliphatic rings. The molecule has 0 radical (unpaired) electrons. The molecule has 2 amide bonds. The van der Waals surface area contributed by atoms with E-state index in [1.807, 2.05) is 68.4 Å². The van der Waals surface area contributed by atoms with Gasteiger partial charge in [-0.05, 0) is 30.9 Å². The normalized spacial score (nSPS) is 18.1. The average Bonchev–Trinajstić information content (AvgIpc) is 2.97. The standard InChI is InChI=1S/C21H23NO3/c1-15-8-10-18(11-9-15)12-16(2)20(23)22-19(14-25-21(22)24)13-17-6-4-3-5-7-17/h3-11,16,19H,12-14H2,1-2H3/t16-,19+/m1/s1. The van der Waals surface area contributed by atoms with Gasteiger partial charge in [-0.15, -0.1) is 0 Å². The Morgan fingerprint density at radius 1 is 1.12 bits per heavy atom. The van der Waals surface area contributed by atoms with Gasteiger partial charge in [0.1, 0.15) is 6.61 Å². The highest BCUT2D eigenvalue weighted by Crippen LogP contribution is 2.21. The van der Waals surface area contributed by atoms with Gasteiger partial charge in [0.05, 0.1) is 6.04 Å². The van der Waals surface area contributed by atoms with Crippen LogP contribution >= 0.6 is 0 Å². The number of amides is 2. The number of cyclic esters (lactones) is 1. The molecule has 2 aromatic rings. The number of hydrogen-bond acceptors (Lipinski definition) is 3. The van der Waals surface area contributed by atoms with Crippen molar-refractivity contribution in [1.82, 2.24) is 4.90 Å². The van der Waals surface area contributed by atoms with Crippen molar-refractivity contribution < 1.29 is 14.3 Å². The Labute approximate surface area is 148 Å². The average molecular weight is 337 g/mol. The van der Waals surface area contributed by atoms with Gasteiger partial charge in [0.2, 0.25) is 5.91 Å². The molecule has 4 heteroatoms. The predicted molar refractivity (Wildman–Crippen MR) is 96.2 cm³/mol. The number of benzene rings is 2. The summed E-state index contributed by atoms with van der Waals surface area (Å²) in [6.45, 7) is 4.16. The van der Waals surface area contributed by atoms with Crippen LogP contribution < -0.4 is 0 Å². The Morgan fingerprint density at radius 3 is 2.48 bits per heavy atom. The lowest BCUT2D eigenvalue weighted by Gasteiger charge is -2.23. The van der Waals surface area contributed by atoms with E-state index in [2.05, 4.69) is 0 Å². The number of imide groups is 1. The van der Waals surface area contributed by atoms with Gasteiger partial charge in [0.15, 0.2) is 0 Å². The highest BCUT2D eigenvalue weighted by molar-refractivity contribution is 5.94. The maximum Gasteiger partial charge on any atom is 0.416 e. The van der Waals surface area contributed by atoms with Crippen LogP contribution in [0.4, 0.5) is 4.79 Å². The minimum absolute atomic E-state index is 0.163. The zero-order chi connectivity index (χ0) is 17.8. The van der Waals surface area contributed by atoms with Gasteiger partial charge >= 0.3 is 6.09 Å². The molecule has 2 aromatic carbocycles. The molecule has 2 atom stereocenters. The molecule has 1 fully saturated rings. The number of aryl methyl sites for hydroxylation is 1. The van der Waals surface area contributed by atoms with Gasteiger partial charge in [-0.1, -0.05) is 67.1 Å². The molecule has 0 spiro atoms. The second kappa shape index (κ2) is 7.51. The highest BCUT2D eigenvalue weighted by atomic mass is 16.6. The van der Waals surface area contributed by atoms with Crippen molar-refractivity contribution in [3.63, 3.8) is 0 Å². The van der Waals surface area contributed by atoms with Crippen molar-refractivity contribution in [2.75, 3.05) is 6.61 Å². The molecular weight excluding hydrogens is 314 g/mol. The van der Waals surface area contributed by atoms with E-state index in [0.29, 0.717) is 12.8 Å². The molecule has 0 saturated carbocycles. The van der Waals surface area contributed by atoms with Crippen molar-refractivity contribution in [1.29, 1.82) is 0 Å². The monoisotopic (exact) mass is 337 g/mol. The quantitative estimate of drug-likeness (QED) is 0.834. The summed E-state index contributed by atoms with van der Waals surface area (Å²) in [6.07, 6.45) is 0.706. The van der Waals surface area contributed by atoms with E-state index in [-0.39, 0.29) is 24.5 Å². The maximum atomic E-state index is 12.9. The third kappa shape index (κ3) is 4.08. The van der Waals surface area contributed by atoms with Crippen molar-refractivity contribution in [2.24, 2.45) is 5.92 Å². The molecule has 0 bridgehead atoms. The fraction of sp³-hybridized carbons (Fsp3) is 0.333. The number of hydrogen-bond donors (Lipinski definition) is 0. The second-order valence-corrected chi connectivity index (χ2v) is 6.72.